The van der Waals surface area contributed by atoms with Crippen molar-refractivity contribution in [3.8, 4) is 0 Å². The van der Waals surface area contributed by atoms with E-state index in [1.165, 1.54) is 12.8 Å². The summed E-state index contributed by atoms with van der Waals surface area (Å²) in [7, 11) is 0. The average molecular weight is 437 g/mol. The number of morpholine rings is 1. The fraction of sp³-hybridized carbons (Fsp3) is 0.500. The van der Waals surface area contributed by atoms with Crippen molar-refractivity contribution in [3.05, 3.63) is 41.6 Å². The van der Waals surface area contributed by atoms with Gasteiger partial charge in [0.05, 0.1) is 36.3 Å². The monoisotopic (exact) mass is 436 g/mol. The van der Waals surface area contributed by atoms with Crippen LogP contribution in [0.4, 0.5) is 22.9 Å². The second-order valence-corrected chi connectivity index (χ2v) is 8.89. The van der Waals surface area contributed by atoms with Gasteiger partial charge in [0.15, 0.2) is 0 Å². The van der Waals surface area contributed by atoms with Crippen LogP contribution in [0.2, 0.25) is 0 Å². The Hall–Kier alpha value is -2.84. The van der Waals surface area contributed by atoms with Crippen LogP contribution in [0.25, 0.3) is 0 Å². The molecule has 1 aliphatic carbocycles. The van der Waals surface area contributed by atoms with Gasteiger partial charge in [0.1, 0.15) is 5.82 Å². The van der Waals surface area contributed by atoms with Crippen LogP contribution in [0.15, 0.2) is 30.5 Å². The summed E-state index contributed by atoms with van der Waals surface area (Å²) in [5.41, 5.74) is 10.8. The number of anilines is 4. The highest BCUT2D eigenvalue weighted by Crippen LogP contribution is 2.32. The number of hydrogen-bond acceptors (Lipinski definition) is 7. The summed E-state index contributed by atoms with van der Waals surface area (Å²) in [5.74, 6) is 0.910. The van der Waals surface area contributed by atoms with Crippen molar-refractivity contribution in [1.29, 1.82) is 0 Å². The predicted molar refractivity (Wildman–Crippen MR) is 127 cm³/mol. The number of ether oxygens (including phenoxy) is 1. The molecule has 2 fully saturated rings. The van der Waals surface area contributed by atoms with Crippen molar-refractivity contribution in [2.45, 2.75) is 44.2 Å². The molecule has 0 bridgehead atoms. The normalized spacial score (nSPS) is 23.3. The van der Waals surface area contributed by atoms with Crippen molar-refractivity contribution in [2.75, 3.05) is 48.4 Å². The molecule has 0 spiro atoms. The second kappa shape index (κ2) is 9.34. The van der Waals surface area contributed by atoms with E-state index >= 15 is 0 Å². The highest BCUT2D eigenvalue weighted by molar-refractivity contribution is 6.03. The van der Waals surface area contributed by atoms with Crippen LogP contribution in [0.5, 0.6) is 0 Å². The third-order valence-corrected chi connectivity index (χ3v) is 6.66. The van der Waals surface area contributed by atoms with Gasteiger partial charge in [-0.25, -0.2) is 4.98 Å². The minimum Gasteiger partial charge on any atom is -0.381 e. The number of benzene rings is 1. The molecule has 1 aromatic carbocycles. The van der Waals surface area contributed by atoms with Gasteiger partial charge in [-0.15, -0.1) is 0 Å². The lowest BCUT2D eigenvalue weighted by molar-refractivity contribution is 0.0947. The maximum Gasteiger partial charge on any atom is 0.253 e. The number of carbonyl (C=O) groups is 1. The Labute approximate surface area is 188 Å². The van der Waals surface area contributed by atoms with Gasteiger partial charge < -0.3 is 31.3 Å². The maximum absolute atomic E-state index is 12.7. The first kappa shape index (κ1) is 21.0. The Morgan fingerprint density at radius 2 is 1.97 bits per heavy atom. The highest BCUT2D eigenvalue weighted by Gasteiger charge is 2.25. The van der Waals surface area contributed by atoms with Crippen LogP contribution in [-0.2, 0) is 11.2 Å². The third kappa shape index (κ3) is 4.52. The largest absolute Gasteiger partial charge is 0.381 e. The maximum atomic E-state index is 12.7. The number of nitrogens with two attached hydrogens (primary N) is 1. The standard InChI is InChI=1S/C24H32N6O2/c25-19-3-1-2-4-20(19)29-18-13-16-7-8-26-24(31)23(16)21(14-18)28-17-5-6-22(27-15-17)30-9-11-32-12-10-30/h5-6,13-15,19-20,28-29H,1-4,7-12,25H2,(H,26,31)/t19-,20+/m0/s1. The van der Waals surface area contributed by atoms with Crippen molar-refractivity contribution in [2.24, 2.45) is 5.73 Å². The summed E-state index contributed by atoms with van der Waals surface area (Å²) >= 11 is 0. The first-order chi connectivity index (χ1) is 15.7. The quantitative estimate of drug-likeness (QED) is 0.571. The van der Waals surface area contributed by atoms with E-state index in [2.05, 4.69) is 31.9 Å². The molecule has 2 aromatic rings. The molecule has 32 heavy (non-hydrogen) atoms. The molecule has 0 radical (unpaired) electrons. The molecule has 170 valence electrons. The van der Waals surface area contributed by atoms with Crippen LogP contribution in [-0.4, -0.2) is 55.8 Å². The zero-order chi connectivity index (χ0) is 21.9. The van der Waals surface area contributed by atoms with Crippen LogP contribution in [0, 0.1) is 0 Å². The van der Waals surface area contributed by atoms with Crippen LogP contribution in [0.3, 0.4) is 0 Å². The molecule has 1 amide bonds. The number of carbonyl (C=O) groups excluding carboxylic acids is 1. The molecule has 3 heterocycles. The Morgan fingerprint density at radius 3 is 2.75 bits per heavy atom. The lowest BCUT2D eigenvalue weighted by atomic mass is 9.90. The number of hydrogen-bond donors (Lipinski definition) is 4. The SMILES string of the molecule is N[C@H]1CCCC[C@H]1Nc1cc2c(c(Nc3ccc(N4CCOCC4)nc3)c1)C(=O)NCC2. The van der Waals surface area contributed by atoms with Gasteiger partial charge >= 0.3 is 0 Å². The zero-order valence-electron chi connectivity index (χ0n) is 18.4. The van der Waals surface area contributed by atoms with Crippen LogP contribution >= 0.6 is 0 Å². The lowest BCUT2D eigenvalue weighted by Gasteiger charge is -2.31. The van der Waals surface area contributed by atoms with Crippen LogP contribution in [0.1, 0.15) is 41.6 Å². The van der Waals surface area contributed by atoms with E-state index in [4.69, 9.17) is 10.5 Å². The number of amides is 1. The molecular weight excluding hydrogens is 404 g/mol. The Bertz CT molecular complexity index is 958. The smallest absolute Gasteiger partial charge is 0.253 e. The molecule has 8 nitrogen and oxygen atoms in total. The van der Waals surface area contributed by atoms with Gasteiger partial charge in [0, 0.05) is 37.4 Å². The number of nitrogens with zero attached hydrogens (tertiary/aromatic N) is 2. The molecular formula is C24H32N6O2. The minimum atomic E-state index is -0.0347. The van der Waals surface area contributed by atoms with Gasteiger partial charge in [-0.2, -0.15) is 0 Å². The lowest BCUT2D eigenvalue weighted by Crippen LogP contribution is -2.42. The van der Waals surface area contributed by atoms with Gasteiger partial charge in [-0.1, -0.05) is 12.8 Å². The van der Waals surface area contributed by atoms with E-state index in [-0.39, 0.29) is 18.0 Å². The Morgan fingerprint density at radius 1 is 1.12 bits per heavy atom. The molecule has 2 aliphatic heterocycles. The number of nitrogens with one attached hydrogen (secondary N) is 3. The van der Waals surface area contributed by atoms with Gasteiger partial charge in [-0.05, 0) is 49.1 Å². The summed E-state index contributed by atoms with van der Waals surface area (Å²) in [6.07, 6.45) is 7.17. The second-order valence-electron chi connectivity index (χ2n) is 8.89. The molecule has 3 aliphatic rings. The van der Waals surface area contributed by atoms with Gasteiger partial charge in [0.25, 0.3) is 5.91 Å². The highest BCUT2D eigenvalue weighted by atomic mass is 16.5. The van der Waals surface area contributed by atoms with E-state index in [0.29, 0.717) is 12.1 Å². The fourth-order valence-electron chi connectivity index (χ4n) is 4.90. The first-order valence-electron chi connectivity index (χ1n) is 11.7. The summed E-state index contributed by atoms with van der Waals surface area (Å²) in [5, 5.41) is 10.1. The van der Waals surface area contributed by atoms with E-state index in [1.807, 2.05) is 24.4 Å². The molecule has 1 saturated carbocycles. The Balaban J connectivity index is 1.39. The third-order valence-electron chi connectivity index (χ3n) is 6.66. The van der Waals surface area contributed by atoms with Gasteiger partial charge in [-0.3, -0.25) is 4.79 Å². The van der Waals surface area contributed by atoms with E-state index < -0.39 is 0 Å². The molecule has 8 heteroatoms. The molecule has 0 unspecified atom stereocenters. The molecule has 2 atom stereocenters. The zero-order valence-corrected chi connectivity index (χ0v) is 18.4. The number of pyridine rings is 1. The topological polar surface area (TPSA) is 105 Å². The van der Waals surface area contributed by atoms with E-state index in [9.17, 15) is 4.79 Å². The first-order valence-corrected chi connectivity index (χ1v) is 11.7. The minimum absolute atomic E-state index is 0.0347. The average Bonchev–Trinajstić information content (AvgIpc) is 2.82. The molecule has 1 saturated heterocycles. The summed E-state index contributed by atoms with van der Waals surface area (Å²) in [4.78, 5) is 19.5. The van der Waals surface area contributed by atoms with Crippen molar-refractivity contribution >= 4 is 28.8 Å². The number of aromatic nitrogens is 1. The summed E-state index contributed by atoms with van der Waals surface area (Å²) in [6.45, 7) is 3.82. The van der Waals surface area contributed by atoms with Crippen molar-refractivity contribution in [3.63, 3.8) is 0 Å². The van der Waals surface area contributed by atoms with Crippen molar-refractivity contribution in [1.82, 2.24) is 10.3 Å². The number of rotatable bonds is 5. The van der Waals surface area contributed by atoms with Gasteiger partial charge in [0.2, 0.25) is 0 Å². The van der Waals surface area contributed by atoms with E-state index in [1.54, 1.807) is 0 Å². The van der Waals surface area contributed by atoms with E-state index in [0.717, 1.165) is 74.0 Å². The predicted octanol–water partition coefficient (Wildman–Crippen LogP) is 2.63. The molecule has 5 N–H and O–H groups in total. The fourth-order valence-corrected chi connectivity index (χ4v) is 4.90. The molecule has 5 rings (SSSR count). The molecule has 1 aromatic heterocycles. The Kier molecular flexibility index (Phi) is 6.14. The summed E-state index contributed by atoms with van der Waals surface area (Å²) < 4.78 is 5.43. The van der Waals surface area contributed by atoms with Crippen LogP contribution < -0.4 is 26.6 Å². The number of fused-ring (bicyclic) bond motifs is 1. The van der Waals surface area contributed by atoms with Crippen molar-refractivity contribution < 1.29 is 9.53 Å². The summed E-state index contributed by atoms with van der Waals surface area (Å²) in [6, 6.07) is 8.60.